The van der Waals surface area contributed by atoms with Gasteiger partial charge < -0.3 is 24.8 Å². The van der Waals surface area contributed by atoms with Gasteiger partial charge in [-0.1, -0.05) is 6.07 Å². The predicted octanol–water partition coefficient (Wildman–Crippen LogP) is 3.29. The number of aromatic nitrogens is 3. The molecule has 1 fully saturated rings. The van der Waals surface area contributed by atoms with Crippen LogP contribution in [0, 0.1) is 0 Å². The molecule has 1 aliphatic heterocycles. The molecule has 12 heteroatoms. The van der Waals surface area contributed by atoms with Crippen LogP contribution in [-0.2, 0) is 17.5 Å². The number of anilines is 1. The number of hydrogen-bond donors (Lipinski definition) is 1. The summed E-state index contributed by atoms with van der Waals surface area (Å²) in [6, 6.07) is 7.30. The standard InChI is InChI=1S/C23H25F3N6O3/c24-23(25,26)18-14-28-21(29-15-18)31-8-10-32(11-9-31)22(34)35-12-2-1-6-30-7-5-16-3-4-17(20(27)33)13-19(16)30/h3-5,7,13-15H,1-2,6,8-12H2,(H2,27,33). The first-order valence-electron chi connectivity index (χ1n) is 11.2. The van der Waals surface area contributed by atoms with E-state index in [9.17, 15) is 22.8 Å². The van der Waals surface area contributed by atoms with E-state index in [1.165, 1.54) is 0 Å². The van der Waals surface area contributed by atoms with Gasteiger partial charge in [-0.05, 0) is 36.4 Å². The summed E-state index contributed by atoms with van der Waals surface area (Å²) in [6.45, 7) is 2.49. The Bertz CT molecular complexity index is 1190. The third kappa shape index (κ3) is 5.81. The fourth-order valence-electron chi connectivity index (χ4n) is 3.89. The third-order valence-electron chi connectivity index (χ3n) is 5.86. The van der Waals surface area contributed by atoms with Crippen LogP contribution in [0.2, 0.25) is 0 Å². The number of unbranched alkanes of at least 4 members (excludes halogenated alkanes) is 1. The Morgan fingerprint density at radius 2 is 1.74 bits per heavy atom. The molecule has 186 valence electrons. The number of rotatable bonds is 7. The molecule has 1 aliphatic rings. The molecule has 0 atom stereocenters. The van der Waals surface area contributed by atoms with E-state index in [-0.39, 0.29) is 12.6 Å². The Morgan fingerprint density at radius 3 is 2.40 bits per heavy atom. The number of alkyl halides is 3. The van der Waals surface area contributed by atoms with Crippen molar-refractivity contribution in [3.8, 4) is 0 Å². The second-order valence-electron chi connectivity index (χ2n) is 8.21. The number of ether oxygens (including phenoxy) is 1. The number of amides is 2. The lowest BCUT2D eigenvalue weighted by molar-refractivity contribution is -0.138. The molecule has 1 saturated heterocycles. The Hall–Kier alpha value is -3.83. The summed E-state index contributed by atoms with van der Waals surface area (Å²) in [5.74, 6) is -0.272. The first-order valence-corrected chi connectivity index (χ1v) is 11.2. The topological polar surface area (TPSA) is 107 Å². The smallest absolute Gasteiger partial charge is 0.419 e. The molecule has 35 heavy (non-hydrogen) atoms. The van der Waals surface area contributed by atoms with E-state index < -0.39 is 23.7 Å². The number of piperazine rings is 1. The molecule has 4 rings (SSSR count). The molecule has 0 bridgehead atoms. The summed E-state index contributed by atoms with van der Waals surface area (Å²) in [5.41, 5.74) is 5.84. The lowest BCUT2D eigenvalue weighted by atomic mass is 10.1. The van der Waals surface area contributed by atoms with Gasteiger partial charge in [0.15, 0.2) is 0 Å². The van der Waals surface area contributed by atoms with Gasteiger partial charge in [0, 0.05) is 62.4 Å². The van der Waals surface area contributed by atoms with Crippen molar-refractivity contribution in [1.82, 2.24) is 19.4 Å². The van der Waals surface area contributed by atoms with E-state index >= 15 is 0 Å². The number of carbonyl (C=O) groups excluding carboxylic acids is 2. The van der Waals surface area contributed by atoms with E-state index in [4.69, 9.17) is 10.5 Å². The lowest BCUT2D eigenvalue weighted by Gasteiger charge is -2.34. The molecule has 0 aliphatic carbocycles. The fourth-order valence-corrected chi connectivity index (χ4v) is 3.89. The predicted molar refractivity (Wildman–Crippen MR) is 122 cm³/mol. The van der Waals surface area contributed by atoms with Crippen LogP contribution in [0.3, 0.4) is 0 Å². The molecule has 0 radical (unpaired) electrons. The van der Waals surface area contributed by atoms with Gasteiger partial charge in [-0.15, -0.1) is 0 Å². The number of hydrogen-bond acceptors (Lipinski definition) is 6. The number of halogens is 3. The van der Waals surface area contributed by atoms with Crippen LogP contribution >= 0.6 is 0 Å². The summed E-state index contributed by atoms with van der Waals surface area (Å²) in [7, 11) is 0. The van der Waals surface area contributed by atoms with Crippen LogP contribution in [0.5, 0.6) is 0 Å². The number of nitrogens with two attached hydrogens (primary N) is 1. The summed E-state index contributed by atoms with van der Waals surface area (Å²) in [4.78, 5) is 34.7. The van der Waals surface area contributed by atoms with E-state index in [1.807, 2.05) is 22.9 Å². The Kier molecular flexibility index (Phi) is 7.08. The third-order valence-corrected chi connectivity index (χ3v) is 5.86. The zero-order chi connectivity index (χ0) is 25.0. The molecule has 9 nitrogen and oxygen atoms in total. The second-order valence-corrected chi connectivity index (χ2v) is 8.21. The van der Waals surface area contributed by atoms with Crippen LogP contribution in [0.15, 0.2) is 42.9 Å². The Balaban J connectivity index is 1.18. The van der Waals surface area contributed by atoms with E-state index in [2.05, 4.69) is 9.97 Å². The highest BCUT2D eigenvalue weighted by atomic mass is 19.4. The van der Waals surface area contributed by atoms with Gasteiger partial charge in [-0.25, -0.2) is 14.8 Å². The maximum Gasteiger partial charge on any atom is 0.419 e. The van der Waals surface area contributed by atoms with Crippen molar-refractivity contribution in [3.63, 3.8) is 0 Å². The van der Waals surface area contributed by atoms with Gasteiger partial charge >= 0.3 is 12.3 Å². The molecule has 0 saturated carbocycles. The van der Waals surface area contributed by atoms with Gasteiger partial charge in [0.2, 0.25) is 11.9 Å². The fraction of sp³-hybridized carbons (Fsp3) is 0.391. The zero-order valence-corrected chi connectivity index (χ0v) is 18.9. The number of primary amides is 1. The number of benzene rings is 1. The van der Waals surface area contributed by atoms with Crippen LogP contribution in [0.25, 0.3) is 10.9 Å². The van der Waals surface area contributed by atoms with Gasteiger partial charge in [-0.2, -0.15) is 13.2 Å². The van der Waals surface area contributed by atoms with E-state index in [1.54, 1.807) is 21.9 Å². The Labute approximate surface area is 199 Å². The number of aryl methyl sites for hydroxylation is 1. The average molecular weight is 490 g/mol. The number of fused-ring (bicyclic) bond motifs is 1. The van der Waals surface area contributed by atoms with Crippen molar-refractivity contribution >= 4 is 28.9 Å². The van der Waals surface area contributed by atoms with Crippen LogP contribution in [-0.4, -0.2) is 64.2 Å². The van der Waals surface area contributed by atoms with Gasteiger partial charge in [0.25, 0.3) is 0 Å². The number of carbonyl (C=O) groups is 2. The average Bonchev–Trinajstić information content (AvgIpc) is 3.25. The van der Waals surface area contributed by atoms with Crippen molar-refractivity contribution in [2.75, 3.05) is 37.7 Å². The minimum absolute atomic E-state index is 0.200. The van der Waals surface area contributed by atoms with E-state index in [0.29, 0.717) is 44.7 Å². The molecular formula is C23H25F3N6O3. The quantitative estimate of drug-likeness (QED) is 0.510. The largest absolute Gasteiger partial charge is 0.449 e. The van der Waals surface area contributed by atoms with Crippen LogP contribution in [0.1, 0.15) is 28.8 Å². The summed E-state index contributed by atoms with van der Waals surface area (Å²) in [5, 5.41) is 1.02. The van der Waals surface area contributed by atoms with Crippen molar-refractivity contribution in [2.24, 2.45) is 5.73 Å². The van der Waals surface area contributed by atoms with Crippen molar-refractivity contribution < 1.29 is 27.5 Å². The molecule has 1 aromatic carbocycles. The first kappa shape index (κ1) is 24.3. The minimum atomic E-state index is -4.48. The van der Waals surface area contributed by atoms with Crippen molar-refractivity contribution in [3.05, 3.63) is 54.0 Å². The normalized spacial score (nSPS) is 14.4. The van der Waals surface area contributed by atoms with Crippen molar-refractivity contribution in [2.45, 2.75) is 25.6 Å². The molecule has 2 N–H and O–H groups in total. The Morgan fingerprint density at radius 1 is 1.03 bits per heavy atom. The van der Waals surface area contributed by atoms with Crippen LogP contribution in [0.4, 0.5) is 23.9 Å². The second kappa shape index (κ2) is 10.2. The lowest BCUT2D eigenvalue weighted by Crippen LogP contribution is -2.49. The monoisotopic (exact) mass is 490 g/mol. The van der Waals surface area contributed by atoms with Crippen LogP contribution < -0.4 is 10.6 Å². The van der Waals surface area contributed by atoms with Gasteiger partial charge in [0.05, 0.1) is 12.2 Å². The molecular weight excluding hydrogens is 465 g/mol. The maximum atomic E-state index is 12.7. The summed E-state index contributed by atoms with van der Waals surface area (Å²) >= 11 is 0. The van der Waals surface area contributed by atoms with Crippen molar-refractivity contribution in [1.29, 1.82) is 0 Å². The van der Waals surface area contributed by atoms with E-state index in [0.717, 1.165) is 29.7 Å². The zero-order valence-electron chi connectivity index (χ0n) is 18.9. The highest BCUT2D eigenvalue weighted by Gasteiger charge is 2.32. The molecule has 0 unspecified atom stereocenters. The number of nitrogens with zero attached hydrogens (tertiary/aromatic N) is 5. The van der Waals surface area contributed by atoms with Gasteiger partial charge in [0.1, 0.15) is 0 Å². The highest BCUT2D eigenvalue weighted by molar-refractivity contribution is 5.97. The molecule has 3 aromatic rings. The summed E-state index contributed by atoms with van der Waals surface area (Å²) < 4.78 is 45.4. The van der Waals surface area contributed by atoms with Gasteiger partial charge in [-0.3, -0.25) is 4.79 Å². The summed E-state index contributed by atoms with van der Waals surface area (Å²) in [6.07, 6.45) is 0.00567. The molecule has 2 aromatic heterocycles. The SMILES string of the molecule is NC(=O)c1ccc2ccn(CCCCOC(=O)N3CCN(c4ncc(C(F)(F)F)cn4)CC3)c2c1. The highest BCUT2D eigenvalue weighted by Crippen LogP contribution is 2.28. The molecule has 2 amide bonds. The maximum absolute atomic E-state index is 12.7. The molecule has 3 heterocycles. The first-order chi connectivity index (χ1) is 16.7. The minimum Gasteiger partial charge on any atom is -0.449 e. The molecule has 0 spiro atoms.